The molecule has 0 fully saturated rings. The first kappa shape index (κ1) is 23.5. The molecule has 0 aliphatic rings. The highest BCUT2D eigenvalue weighted by Gasteiger charge is 2.20. The molecule has 0 bridgehead atoms. The van der Waals surface area contributed by atoms with Crippen LogP contribution in [0, 0.1) is 6.92 Å². The molecular formula is C26H30N2O3S. The molecule has 0 unspecified atom stereocenters. The van der Waals surface area contributed by atoms with Gasteiger partial charge in [0, 0.05) is 11.3 Å². The minimum atomic E-state index is -3.83. The Kier molecular flexibility index (Phi) is 6.74. The third kappa shape index (κ3) is 5.56. The van der Waals surface area contributed by atoms with Gasteiger partial charge >= 0.3 is 0 Å². The molecule has 0 aliphatic heterocycles. The van der Waals surface area contributed by atoms with Gasteiger partial charge in [0.15, 0.2) is 0 Å². The van der Waals surface area contributed by atoms with Crippen LogP contribution >= 0.6 is 0 Å². The molecule has 3 aromatic carbocycles. The molecule has 0 aromatic heterocycles. The highest BCUT2D eigenvalue weighted by molar-refractivity contribution is 7.92. The fraction of sp³-hybridized carbons (Fsp3) is 0.269. The van der Waals surface area contributed by atoms with Gasteiger partial charge in [0.1, 0.15) is 0 Å². The van der Waals surface area contributed by atoms with E-state index >= 15 is 0 Å². The molecule has 32 heavy (non-hydrogen) atoms. The Labute approximate surface area is 190 Å². The number of aryl methyl sites for hydroxylation is 1. The highest BCUT2D eigenvalue weighted by Crippen LogP contribution is 2.25. The summed E-state index contributed by atoms with van der Waals surface area (Å²) in [6.07, 6.45) is 0. The fourth-order valence-electron chi connectivity index (χ4n) is 3.38. The van der Waals surface area contributed by atoms with E-state index in [1.165, 1.54) is 11.6 Å². The summed E-state index contributed by atoms with van der Waals surface area (Å²) in [5.41, 5.74) is 3.59. The first-order valence-electron chi connectivity index (χ1n) is 10.6. The zero-order valence-electron chi connectivity index (χ0n) is 19.1. The minimum Gasteiger partial charge on any atom is -0.346 e. The number of nitrogens with one attached hydrogen (secondary N) is 2. The van der Waals surface area contributed by atoms with E-state index in [4.69, 9.17) is 0 Å². The molecule has 5 nitrogen and oxygen atoms in total. The molecule has 1 atom stereocenters. The fourth-order valence-corrected chi connectivity index (χ4v) is 4.71. The second kappa shape index (κ2) is 9.17. The Morgan fingerprint density at radius 1 is 0.906 bits per heavy atom. The maximum absolute atomic E-state index is 12.9. The monoisotopic (exact) mass is 450 g/mol. The average molecular weight is 451 g/mol. The predicted octanol–water partition coefficient (Wildman–Crippen LogP) is 5.58. The van der Waals surface area contributed by atoms with Gasteiger partial charge in [0.2, 0.25) is 0 Å². The minimum absolute atomic E-state index is 0.0581. The van der Waals surface area contributed by atoms with Gasteiger partial charge in [0.25, 0.3) is 15.9 Å². The number of amides is 1. The van der Waals surface area contributed by atoms with Crippen molar-refractivity contribution in [1.82, 2.24) is 5.32 Å². The van der Waals surface area contributed by atoms with E-state index in [0.717, 1.165) is 5.56 Å². The maximum atomic E-state index is 12.9. The van der Waals surface area contributed by atoms with Crippen LogP contribution in [0.2, 0.25) is 0 Å². The molecule has 0 aliphatic carbocycles. The van der Waals surface area contributed by atoms with Crippen molar-refractivity contribution >= 4 is 21.6 Å². The third-order valence-electron chi connectivity index (χ3n) is 5.39. The number of rotatable bonds is 6. The van der Waals surface area contributed by atoms with Gasteiger partial charge in [0.05, 0.1) is 10.9 Å². The van der Waals surface area contributed by atoms with E-state index in [0.29, 0.717) is 16.8 Å². The van der Waals surface area contributed by atoms with Crippen LogP contribution in [0.5, 0.6) is 0 Å². The van der Waals surface area contributed by atoms with Gasteiger partial charge in [-0.1, -0.05) is 69.3 Å². The van der Waals surface area contributed by atoms with Crippen LogP contribution in [0.4, 0.5) is 5.69 Å². The van der Waals surface area contributed by atoms with Crippen molar-refractivity contribution in [2.75, 3.05) is 4.72 Å². The van der Waals surface area contributed by atoms with Crippen molar-refractivity contribution in [2.24, 2.45) is 0 Å². The first-order valence-corrected chi connectivity index (χ1v) is 12.1. The Balaban J connectivity index is 1.79. The van der Waals surface area contributed by atoms with Crippen LogP contribution in [-0.4, -0.2) is 14.3 Å². The van der Waals surface area contributed by atoms with Crippen LogP contribution < -0.4 is 10.0 Å². The number of carbonyl (C=O) groups is 1. The van der Waals surface area contributed by atoms with Crippen molar-refractivity contribution in [2.45, 2.75) is 51.0 Å². The summed E-state index contributed by atoms with van der Waals surface area (Å²) in [7, 11) is -3.83. The lowest BCUT2D eigenvalue weighted by molar-refractivity contribution is 0.0939. The number of benzene rings is 3. The molecule has 3 rings (SSSR count). The zero-order valence-corrected chi connectivity index (χ0v) is 20.0. The van der Waals surface area contributed by atoms with E-state index in [1.807, 2.05) is 25.1 Å². The van der Waals surface area contributed by atoms with E-state index in [9.17, 15) is 13.2 Å². The van der Waals surface area contributed by atoms with Gasteiger partial charge in [-0.15, -0.1) is 0 Å². The van der Waals surface area contributed by atoms with Crippen LogP contribution in [0.3, 0.4) is 0 Å². The second-order valence-electron chi connectivity index (χ2n) is 9.02. The van der Waals surface area contributed by atoms with E-state index in [1.54, 1.807) is 43.3 Å². The summed E-state index contributed by atoms with van der Waals surface area (Å²) in [5.74, 6) is -0.325. The van der Waals surface area contributed by atoms with Crippen molar-refractivity contribution in [1.29, 1.82) is 0 Å². The number of sulfonamides is 1. The molecule has 0 heterocycles. The molecule has 0 saturated heterocycles. The largest absolute Gasteiger partial charge is 0.346 e. The van der Waals surface area contributed by atoms with Crippen molar-refractivity contribution < 1.29 is 13.2 Å². The Morgan fingerprint density at radius 2 is 1.53 bits per heavy atom. The normalized spacial score (nSPS) is 12.8. The summed E-state index contributed by atoms with van der Waals surface area (Å²) >= 11 is 0. The SMILES string of the molecule is Cc1ccc(C(=O)N[C@@H](C)c2ccc(C(C)(C)C)cc2)cc1S(=O)(=O)Nc1ccccc1. The smallest absolute Gasteiger partial charge is 0.262 e. The second-order valence-corrected chi connectivity index (χ2v) is 10.7. The number of anilines is 1. The van der Waals surface area contributed by atoms with E-state index < -0.39 is 10.0 Å². The summed E-state index contributed by atoms with van der Waals surface area (Å²) in [6.45, 7) is 10.1. The number of para-hydroxylation sites is 1. The molecule has 0 saturated carbocycles. The molecule has 0 spiro atoms. The lowest BCUT2D eigenvalue weighted by atomic mass is 9.86. The van der Waals surface area contributed by atoms with Gasteiger partial charge in [-0.05, 0) is 60.2 Å². The van der Waals surface area contributed by atoms with Gasteiger partial charge in [-0.3, -0.25) is 9.52 Å². The summed E-state index contributed by atoms with van der Waals surface area (Å²) in [4.78, 5) is 13.0. The van der Waals surface area contributed by atoms with Crippen molar-refractivity contribution in [3.8, 4) is 0 Å². The van der Waals surface area contributed by atoms with Gasteiger partial charge in [-0.25, -0.2) is 8.42 Å². The average Bonchev–Trinajstić information content (AvgIpc) is 2.73. The van der Waals surface area contributed by atoms with Crippen LogP contribution in [0.1, 0.15) is 60.8 Å². The Bertz CT molecular complexity index is 1200. The lowest BCUT2D eigenvalue weighted by Gasteiger charge is -2.21. The topological polar surface area (TPSA) is 75.3 Å². The molecule has 2 N–H and O–H groups in total. The Hall–Kier alpha value is -3.12. The van der Waals surface area contributed by atoms with Crippen LogP contribution in [-0.2, 0) is 15.4 Å². The van der Waals surface area contributed by atoms with E-state index in [-0.39, 0.29) is 22.3 Å². The molecule has 3 aromatic rings. The summed E-state index contributed by atoms with van der Waals surface area (Å²) in [6, 6.07) is 21.3. The highest BCUT2D eigenvalue weighted by atomic mass is 32.2. The summed E-state index contributed by atoms with van der Waals surface area (Å²) in [5, 5.41) is 2.96. The van der Waals surface area contributed by atoms with Crippen LogP contribution in [0.15, 0.2) is 77.7 Å². The van der Waals surface area contributed by atoms with Gasteiger partial charge < -0.3 is 5.32 Å². The molecule has 0 radical (unpaired) electrons. The maximum Gasteiger partial charge on any atom is 0.262 e. The number of carbonyl (C=O) groups excluding carboxylic acids is 1. The predicted molar refractivity (Wildman–Crippen MR) is 129 cm³/mol. The summed E-state index contributed by atoms with van der Waals surface area (Å²) < 4.78 is 28.4. The number of hydrogen-bond donors (Lipinski definition) is 2. The van der Waals surface area contributed by atoms with Crippen LogP contribution in [0.25, 0.3) is 0 Å². The number of hydrogen-bond acceptors (Lipinski definition) is 3. The van der Waals surface area contributed by atoms with Crippen molar-refractivity contribution in [3.05, 3.63) is 95.1 Å². The quantitative estimate of drug-likeness (QED) is 0.514. The van der Waals surface area contributed by atoms with Gasteiger partial charge in [-0.2, -0.15) is 0 Å². The molecular weight excluding hydrogens is 420 g/mol. The third-order valence-corrected chi connectivity index (χ3v) is 6.91. The standard InChI is InChI=1S/C26H30N2O3S/c1-18-11-12-21(17-24(18)32(30,31)28-23-9-7-6-8-10-23)25(29)27-19(2)20-13-15-22(16-14-20)26(3,4)5/h6-17,19,28H,1-5H3,(H,27,29)/t19-/m0/s1. The molecule has 6 heteroatoms. The van der Waals surface area contributed by atoms with Crippen molar-refractivity contribution in [3.63, 3.8) is 0 Å². The Morgan fingerprint density at radius 3 is 2.12 bits per heavy atom. The lowest BCUT2D eigenvalue weighted by Crippen LogP contribution is -2.27. The first-order chi connectivity index (χ1) is 15.0. The van der Waals surface area contributed by atoms with E-state index in [2.05, 4.69) is 42.9 Å². The molecule has 1 amide bonds. The zero-order chi connectivity index (χ0) is 23.5. The molecule has 168 valence electrons.